The van der Waals surface area contributed by atoms with Crippen LogP contribution in [0.25, 0.3) is 0 Å². The molecule has 160 valence electrons. The number of benzene rings is 1. The lowest BCUT2D eigenvalue weighted by molar-refractivity contribution is -0.123. The van der Waals surface area contributed by atoms with Crippen LogP contribution in [0, 0.1) is 0 Å². The summed E-state index contributed by atoms with van der Waals surface area (Å²) in [6.45, 7) is 2.07. The molecular formula is C24H30N2O3S. The molecule has 2 aliphatic heterocycles. The molecule has 2 aliphatic rings. The summed E-state index contributed by atoms with van der Waals surface area (Å²) >= 11 is 1.71. The van der Waals surface area contributed by atoms with Gasteiger partial charge in [-0.3, -0.25) is 9.59 Å². The third-order valence-corrected chi connectivity index (χ3v) is 7.49. The minimum Gasteiger partial charge on any atom is -0.381 e. The maximum atomic E-state index is 12.8. The largest absolute Gasteiger partial charge is 0.381 e. The summed E-state index contributed by atoms with van der Waals surface area (Å²) in [6.07, 6.45) is 5.06. The molecule has 0 saturated carbocycles. The van der Waals surface area contributed by atoms with E-state index in [2.05, 4.69) is 46.3 Å². The van der Waals surface area contributed by atoms with Gasteiger partial charge in [0.15, 0.2) is 0 Å². The molecule has 2 amide bonds. The van der Waals surface area contributed by atoms with Gasteiger partial charge in [-0.05, 0) is 42.7 Å². The fourth-order valence-electron chi connectivity index (χ4n) is 4.76. The van der Waals surface area contributed by atoms with Gasteiger partial charge in [0.2, 0.25) is 11.8 Å². The Balaban J connectivity index is 1.37. The zero-order valence-corrected chi connectivity index (χ0v) is 18.1. The van der Waals surface area contributed by atoms with E-state index < -0.39 is 0 Å². The summed E-state index contributed by atoms with van der Waals surface area (Å²) < 4.78 is 5.59. The van der Waals surface area contributed by atoms with Crippen LogP contribution >= 0.6 is 11.3 Å². The van der Waals surface area contributed by atoms with Crippen LogP contribution < -0.4 is 10.6 Å². The van der Waals surface area contributed by atoms with E-state index in [0.29, 0.717) is 25.8 Å². The second kappa shape index (κ2) is 9.31. The number of carbonyl (C=O) groups is 2. The van der Waals surface area contributed by atoms with Gasteiger partial charge in [-0.2, -0.15) is 0 Å². The van der Waals surface area contributed by atoms with Gasteiger partial charge in [-0.1, -0.05) is 36.4 Å². The van der Waals surface area contributed by atoms with Crippen molar-refractivity contribution >= 4 is 23.2 Å². The zero-order valence-electron chi connectivity index (χ0n) is 17.3. The zero-order chi connectivity index (χ0) is 20.9. The molecule has 2 N–H and O–H groups in total. The van der Waals surface area contributed by atoms with Crippen LogP contribution in [0.2, 0.25) is 0 Å². The maximum absolute atomic E-state index is 12.8. The van der Waals surface area contributed by atoms with Crippen LogP contribution in [-0.4, -0.2) is 37.1 Å². The first kappa shape index (κ1) is 21.1. The van der Waals surface area contributed by atoms with E-state index in [1.54, 1.807) is 11.3 Å². The summed E-state index contributed by atoms with van der Waals surface area (Å²) in [6, 6.07) is 14.6. The van der Waals surface area contributed by atoms with E-state index in [1.165, 1.54) is 10.4 Å². The first-order valence-corrected chi connectivity index (χ1v) is 11.7. The molecule has 5 nitrogen and oxygen atoms in total. The van der Waals surface area contributed by atoms with E-state index in [0.717, 1.165) is 38.9 Å². The molecule has 1 aromatic heterocycles. The van der Waals surface area contributed by atoms with Crippen molar-refractivity contribution in [3.05, 3.63) is 58.3 Å². The fourth-order valence-corrected chi connectivity index (χ4v) is 5.61. The molecule has 0 aliphatic carbocycles. The van der Waals surface area contributed by atoms with Gasteiger partial charge in [-0.15, -0.1) is 11.3 Å². The summed E-state index contributed by atoms with van der Waals surface area (Å²) in [5.41, 5.74) is 0.909. The molecule has 0 bridgehead atoms. The van der Waals surface area contributed by atoms with Gasteiger partial charge in [-0.25, -0.2) is 0 Å². The third-order valence-electron chi connectivity index (χ3n) is 6.62. The van der Waals surface area contributed by atoms with E-state index in [9.17, 15) is 9.59 Å². The second-order valence-corrected chi connectivity index (χ2v) is 9.65. The van der Waals surface area contributed by atoms with Crippen LogP contribution in [0.3, 0.4) is 0 Å². The Kier molecular flexibility index (Phi) is 6.54. The Morgan fingerprint density at radius 3 is 2.57 bits per heavy atom. The van der Waals surface area contributed by atoms with Crippen LogP contribution in [0.1, 0.15) is 49.0 Å². The fraction of sp³-hybridized carbons (Fsp3) is 0.500. The van der Waals surface area contributed by atoms with Crippen molar-refractivity contribution in [2.75, 3.05) is 19.8 Å². The lowest BCUT2D eigenvalue weighted by atomic mass is 9.74. The van der Waals surface area contributed by atoms with Gasteiger partial charge >= 0.3 is 0 Å². The molecule has 3 heterocycles. The molecule has 30 heavy (non-hydrogen) atoms. The number of hydrogen-bond donors (Lipinski definition) is 2. The Bertz CT molecular complexity index is 847. The van der Waals surface area contributed by atoms with Crippen molar-refractivity contribution in [2.24, 2.45) is 0 Å². The van der Waals surface area contributed by atoms with Crippen LogP contribution in [0.15, 0.2) is 47.8 Å². The van der Waals surface area contributed by atoms with Crippen LogP contribution in [0.4, 0.5) is 0 Å². The molecule has 6 heteroatoms. The van der Waals surface area contributed by atoms with Gasteiger partial charge in [0.1, 0.15) is 0 Å². The monoisotopic (exact) mass is 426 g/mol. The molecule has 4 rings (SSSR count). The average molecular weight is 427 g/mol. The maximum Gasteiger partial charge on any atom is 0.220 e. The standard InChI is InChI=1S/C24H30N2O3S/c27-21(8-10-24(11-9-22(28)26-24)17-20-7-4-16-30-20)25-18-23(12-14-29-15-13-23)19-5-2-1-3-6-19/h1-7,16H,8-15,17-18H2,(H,25,27)(H,26,28). The molecule has 1 aromatic carbocycles. The number of rotatable bonds is 8. The van der Waals surface area contributed by atoms with Crippen molar-refractivity contribution in [2.45, 2.75) is 55.9 Å². The van der Waals surface area contributed by atoms with Gasteiger partial charge in [0.25, 0.3) is 0 Å². The van der Waals surface area contributed by atoms with Gasteiger partial charge in [0, 0.05) is 54.9 Å². The SMILES string of the molecule is O=C(CCC1(Cc2cccs2)CCC(=O)N1)NCC1(c2ccccc2)CCOCC1. The molecule has 1 atom stereocenters. The molecular weight excluding hydrogens is 396 g/mol. The van der Waals surface area contributed by atoms with Crippen LogP contribution in [-0.2, 0) is 26.2 Å². The summed E-state index contributed by atoms with van der Waals surface area (Å²) in [4.78, 5) is 26.0. The molecule has 2 saturated heterocycles. The number of thiophene rings is 1. The quantitative estimate of drug-likeness (QED) is 0.678. The predicted molar refractivity (Wildman–Crippen MR) is 119 cm³/mol. The van der Waals surface area contributed by atoms with E-state index >= 15 is 0 Å². The normalized spacial score (nSPS) is 23.1. The highest BCUT2D eigenvalue weighted by atomic mass is 32.1. The topological polar surface area (TPSA) is 67.4 Å². The lowest BCUT2D eigenvalue weighted by Crippen LogP contribution is -2.46. The number of carbonyl (C=O) groups excluding carboxylic acids is 2. The minimum atomic E-state index is -0.297. The Labute approximate surface area is 182 Å². The first-order valence-electron chi connectivity index (χ1n) is 10.8. The van der Waals surface area contributed by atoms with Crippen molar-refractivity contribution in [3.63, 3.8) is 0 Å². The third kappa shape index (κ3) is 4.93. The number of nitrogens with one attached hydrogen (secondary N) is 2. The number of hydrogen-bond acceptors (Lipinski definition) is 4. The number of amides is 2. The van der Waals surface area contributed by atoms with Gasteiger partial charge in [0.05, 0.1) is 0 Å². The minimum absolute atomic E-state index is 0.0588. The average Bonchev–Trinajstić information content (AvgIpc) is 3.42. The first-order chi connectivity index (χ1) is 14.6. The Hall–Kier alpha value is -2.18. The molecule has 2 fully saturated rings. The van der Waals surface area contributed by atoms with Gasteiger partial charge < -0.3 is 15.4 Å². The highest BCUT2D eigenvalue weighted by molar-refractivity contribution is 7.09. The van der Waals surface area contributed by atoms with E-state index in [1.807, 2.05) is 12.1 Å². The van der Waals surface area contributed by atoms with Crippen molar-refractivity contribution < 1.29 is 14.3 Å². The predicted octanol–water partition coefficient (Wildman–Crippen LogP) is 3.58. The van der Waals surface area contributed by atoms with Crippen molar-refractivity contribution in [3.8, 4) is 0 Å². The van der Waals surface area contributed by atoms with Crippen molar-refractivity contribution in [1.82, 2.24) is 10.6 Å². The molecule has 0 radical (unpaired) electrons. The summed E-state index contributed by atoms with van der Waals surface area (Å²) in [5, 5.41) is 8.43. The number of ether oxygens (including phenoxy) is 1. The van der Waals surface area contributed by atoms with E-state index in [4.69, 9.17) is 4.74 Å². The van der Waals surface area contributed by atoms with Crippen molar-refractivity contribution in [1.29, 1.82) is 0 Å². The highest BCUT2D eigenvalue weighted by Gasteiger charge is 2.39. The lowest BCUT2D eigenvalue weighted by Gasteiger charge is -2.38. The van der Waals surface area contributed by atoms with Crippen LogP contribution in [0.5, 0.6) is 0 Å². The molecule has 2 aromatic rings. The smallest absolute Gasteiger partial charge is 0.220 e. The molecule has 1 unspecified atom stereocenters. The van der Waals surface area contributed by atoms with E-state index in [-0.39, 0.29) is 22.8 Å². The highest BCUT2D eigenvalue weighted by Crippen LogP contribution is 2.34. The Morgan fingerprint density at radius 2 is 1.90 bits per heavy atom. The summed E-state index contributed by atoms with van der Waals surface area (Å²) in [7, 11) is 0. The summed E-state index contributed by atoms with van der Waals surface area (Å²) in [5.74, 6) is 0.153. The Morgan fingerprint density at radius 1 is 1.10 bits per heavy atom. The molecule has 0 spiro atoms. The second-order valence-electron chi connectivity index (χ2n) is 8.62.